The molecule has 1 amide bonds. The van der Waals surface area contributed by atoms with E-state index in [-0.39, 0.29) is 23.3 Å². The van der Waals surface area contributed by atoms with E-state index in [2.05, 4.69) is 23.5 Å². The Morgan fingerprint density at radius 2 is 1.80 bits per heavy atom. The topological polar surface area (TPSA) is 62.1 Å². The number of benzene rings is 1. The Bertz CT molecular complexity index is 811. The summed E-state index contributed by atoms with van der Waals surface area (Å²) in [6, 6.07) is 10.5. The van der Waals surface area contributed by atoms with Crippen LogP contribution in [0.3, 0.4) is 0 Å². The van der Waals surface area contributed by atoms with Crippen molar-refractivity contribution in [1.82, 2.24) is 5.32 Å². The summed E-state index contributed by atoms with van der Waals surface area (Å²) < 4.78 is 18.4. The fraction of sp³-hybridized carbons (Fsp3) is 0.600. The molecular formula is C25H33FN2O2. The van der Waals surface area contributed by atoms with Gasteiger partial charge in [-0.2, -0.15) is 5.26 Å². The summed E-state index contributed by atoms with van der Waals surface area (Å²) in [6.45, 7) is 6.28. The molecule has 3 fully saturated rings. The molecule has 4 rings (SSSR count). The molecule has 0 saturated heterocycles. The van der Waals surface area contributed by atoms with Gasteiger partial charge in [0.1, 0.15) is 12.4 Å². The van der Waals surface area contributed by atoms with Gasteiger partial charge in [0.05, 0.1) is 17.8 Å². The SMILES string of the molecule is CC/C(=C\F)COc1ccc(C23CCC(C(=O)NCC(C)(C)C#N)(CC2)CC3)cc1. The number of amides is 1. The van der Waals surface area contributed by atoms with E-state index in [4.69, 9.17) is 4.74 Å². The smallest absolute Gasteiger partial charge is 0.226 e. The third-order valence-corrected chi connectivity index (χ3v) is 7.22. The van der Waals surface area contributed by atoms with Crippen LogP contribution in [0.15, 0.2) is 36.2 Å². The molecule has 0 aromatic heterocycles. The quantitative estimate of drug-likeness (QED) is 0.606. The van der Waals surface area contributed by atoms with Gasteiger partial charge in [-0.25, -0.2) is 4.39 Å². The molecule has 0 aliphatic heterocycles. The lowest BCUT2D eigenvalue weighted by molar-refractivity contribution is -0.138. The van der Waals surface area contributed by atoms with Crippen LogP contribution in [0.1, 0.15) is 71.3 Å². The van der Waals surface area contributed by atoms with Crippen LogP contribution in [0.4, 0.5) is 4.39 Å². The van der Waals surface area contributed by atoms with Crippen molar-refractivity contribution in [2.75, 3.05) is 13.2 Å². The summed E-state index contributed by atoms with van der Waals surface area (Å²) in [4.78, 5) is 12.9. The van der Waals surface area contributed by atoms with Crippen molar-refractivity contribution in [2.45, 2.75) is 71.1 Å². The predicted molar refractivity (Wildman–Crippen MR) is 116 cm³/mol. The Morgan fingerprint density at radius 3 is 2.30 bits per heavy atom. The van der Waals surface area contributed by atoms with Crippen LogP contribution in [0, 0.1) is 22.2 Å². The Morgan fingerprint density at radius 1 is 1.20 bits per heavy atom. The second-order valence-electron chi connectivity index (χ2n) is 9.67. The first kappa shape index (κ1) is 22.3. The Balaban J connectivity index is 1.61. The molecule has 0 spiro atoms. The van der Waals surface area contributed by atoms with E-state index < -0.39 is 5.41 Å². The zero-order chi connectivity index (χ0) is 21.8. The lowest BCUT2D eigenvalue weighted by Gasteiger charge is -2.53. The molecule has 0 radical (unpaired) electrons. The van der Waals surface area contributed by atoms with E-state index in [0.29, 0.717) is 24.9 Å². The summed E-state index contributed by atoms with van der Waals surface area (Å²) >= 11 is 0. The number of carbonyl (C=O) groups is 1. The maximum atomic E-state index is 12.9. The van der Waals surface area contributed by atoms with E-state index in [1.54, 1.807) is 0 Å². The molecule has 0 heterocycles. The maximum Gasteiger partial charge on any atom is 0.226 e. The summed E-state index contributed by atoms with van der Waals surface area (Å²) in [7, 11) is 0. The highest BCUT2D eigenvalue weighted by Crippen LogP contribution is 2.58. The summed E-state index contributed by atoms with van der Waals surface area (Å²) in [5.74, 6) is 0.874. The van der Waals surface area contributed by atoms with Crippen molar-refractivity contribution in [3.8, 4) is 11.8 Å². The largest absolute Gasteiger partial charge is 0.489 e. The average Bonchev–Trinajstić information content (AvgIpc) is 2.79. The van der Waals surface area contributed by atoms with Crippen molar-refractivity contribution in [3.05, 3.63) is 41.7 Å². The Kier molecular flexibility index (Phi) is 6.55. The number of hydrogen-bond acceptors (Lipinski definition) is 3. The van der Waals surface area contributed by atoms with E-state index in [9.17, 15) is 14.4 Å². The monoisotopic (exact) mass is 412 g/mol. The van der Waals surface area contributed by atoms with Crippen LogP contribution in [0.2, 0.25) is 0 Å². The Labute approximate surface area is 179 Å². The molecule has 1 aromatic carbocycles. The van der Waals surface area contributed by atoms with Gasteiger partial charge in [-0.05, 0) is 87.5 Å². The molecule has 4 nitrogen and oxygen atoms in total. The van der Waals surface area contributed by atoms with Crippen molar-refractivity contribution in [3.63, 3.8) is 0 Å². The van der Waals surface area contributed by atoms with Gasteiger partial charge < -0.3 is 10.1 Å². The van der Waals surface area contributed by atoms with E-state index in [1.165, 1.54) is 5.56 Å². The first-order chi connectivity index (χ1) is 14.3. The molecule has 3 saturated carbocycles. The first-order valence-corrected chi connectivity index (χ1v) is 11.0. The van der Waals surface area contributed by atoms with Gasteiger partial charge in [0.25, 0.3) is 0 Å². The number of nitriles is 1. The van der Waals surface area contributed by atoms with Gasteiger partial charge in [-0.3, -0.25) is 4.79 Å². The summed E-state index contributed by atoms with van der Waals surface area (Å²) in [5, 5.41) is 12.2. The fourth-order valence-electron chi connectivity index (χ4n) is 4.78. The Hall–Kier alpha value is -2.35. The molecular weight excluding hydrogens is 379 g/mol. The van der Waals surface area contributed by atoms with Gasteiger partial charge in [-0.15, -0.1) is 0 Å². The van der Waals surface area contributed by atoms with Crippen LogP contribution >= 0.6 is 0 Å². The van der Waals surface area contributed by atoms with Crippen molar-refractivity contribution < 1.29 is 13.9 Å². The summed E-state index contributed by atoms with van der Waals surface area (Å²) in [5.41, 5.74) is 1.28. The third-order valence-electron chi connectivity index (χ3n) is 7.22. The number of ether oxygens (including phenoxy) is 1. The molecule has 2 bridgehead atoms. The molecule has 1 N–H and O–H groups in total. The van der Waals surface area contributed by atoms with E-state index in [1.807, 2.05) is 32.9 Å². The number of halogens is 1. The van der Waals surface area contributed by atoms with Gasteiger partial charge in [0, 0.05) is 12.0 Å². The zero-order valence-electron chi connectivity index (χ0n) is 18.4. The number of rotatable bonds is 8. The standard InChI is InChI=1S/C25H33FN2O2/c1-4-19(15-26)16-30-21-7-5-20(6-8-21)24-9-12-25(13-10-24,14-11-24)22(29)28-18-23(2,3)17-27/h5-8,15H,4,9-14,16,18H2,1-3H3,(H,28,29)/b19-15+. The highest BCUT2D eigenvalue weighted by Gasteiger charge is 2.52. The van der Waals surface area contributed by atoms with Crippen LogP contribution in [-0.4, -0.2) is 19.1 Å². The van der Waals surface area contributed by atoms with Crippen molar-refractivity contribution in [2.24, 2.45) is 10.8 Å². The van der Waals surface area contributed by atoms with Gasteiger partial charge in [-0.1, -0.05) is 19.1 Å². The third kappa shape index (κ3) is 4.53. The molecule has 162 valence electrons. The van der Waals surface area contributed by atoms with Crippen LogP contribution in [-0.2, 0) is 10.2 Å². The predicted octanol–water partition coefficient (Wildman–Crippen LogP) is 5.59. The normalized spacial score (nSPS) is 26.2. The van der Waals surface area contributed by atoms with Gasteiger partial charge in [0.2, 0.25) is 5.91 Å². The first-order valence-electron chi connectivity index (χ1n) is 11.0. The summed E-state index contributed by atoms with van der Waals surface area (Å²) in [6.07, 6.45) is 6.97. The molecule has 30 heavy (non-hydrogen) atoms. The average molecular weight is 413 g/mol. The van der Waals surface area contributed by atoms with E-state index in [0.717, 1.165) is 44.3 Å². The molecule has 3 aliphatic rings. The van der Waals surface area contributed by atoms with Gasteiger partial charge in [0.15, 0.2) is 0 Å². The van der Waals surface area contributed by atoms with Crippen molar-refractivity contribution in [1.29, 1.82) is 5.26 Å². The minimum Gasteiger partial charge on any atom is -0.489 e. The van der Waals surface area contributed by atoms with Crippen LogP contribution < -0.4 is 10.1 Å². The maximum absolute atomic E-state index is 12.9. The highest BCUT2D eigenvalue weighted by atomic mass is 19.1. The van der Waals surface area contributed by atoms with Crippen LogP contribution in [0.5, 0.6) is 5.75 Å². The van der Waals surface area contributed by atoms with Crippen molar-refractivity contribution >= 4 is 5.91 Å². The van der Waals surface area contributed by atoms with Gasteiger partial charge >= 0.3 is 0 Å². The number of hydrogen-bond donors (Lipinski definition) is 1. The second-order valence-corrected chi connectivity index (χ2v) is 9.67. The lowest BCUT2D eigenvalue weighted by atomic mass is 9.51. The number of nitrogens with zero attached hydrogens (tertiary/aromatic N) is 1. The minimum absolute atomic E-state index is 0.121. The number of fused-ring (bicyclic) bond motifs is 3. The molecule has 0 atom stereocenters. The zero-order valence-corrected chi connectivity index (χ0v) is 18.4. The molecule has 0 unspecified atom stereocenters. The lowest BCUT2D eigenvalue weighted by Crippen LogP contribution is -2.52. The number of nitrogens with one attached hydrogen (secondary N) is 1. The molecule has 1 aromatic rings. The number of carbonyl (C=O) groups excluding carboxylic acids is 1. The fourth-order valence-corrected chi connectivity index (χ4v) is 4.78. The molecule has 3 aliphatic carbocycles. The van der Waals surface area contributed by atoms with E-state index >= 15 is 0 Å². The highest BCUT2D eigenvalue weighted by molar-refractivity contribution is 5.83. The molecule has 5 heteroatoms. The second kappa shape index (κ2) is 8.79. The van der Waals surface area contributed by atoms with Crippen LogP contribution in [0.25, 0.3) is 0 Å². The minimum atomic E-state index is -0.541.